The molecule has 2 rings (SSSR count). The Morgan fingerprint density at radius 1 is 1.00 bits per heavy atom. The second kappa shape index (κ2) is 7.79. The first kappa shape index (κ1) is 15.5. The molecule has 2 N–H and O–H groups in total. The van der Waals surface area contributed by atoms with Crippen molar-refractivity contribution in [1.82, 2.24) is 0 Å². The van der Waals surface area contributed by atoms with E-state index in [1.54, 1.807) is 0 Å². The summed E-state index contributed by atoms with van der Waals surface area (Å²) in [7, 11) is 0. The highest BCUT2D eigenvalue weighted by molar-refractivity contribution is 6.30. The van der Waals surface area contributed by atoms with Crippen molar-refractivity contribution in [2.75, 3.05) is 30.3 Å². The summed E-state index contributed by atoms with van der Waals surface area (Å²) in [6, 6.07) is 13.9. The van der Waals surface area contributed by atoms with E-state index < -0.39 is 0 Å². The molecule has 0 spiro atoms. The van der Waals surface area contributed by atoms with Gasteiger partial charge >= 0.3 is 0 Å². The van der Waals surface area contributed by atoms with Crippen LogP contribution in [-0.4, -0.2) is 19.7 Å². The Balaban J connectivity index is 1.77. The second-order valence-electron chi connectivity index (χ2n) is 4.77. The third kappa shape index (κ3) is 4.87. The minimum atomic E-state index is 0.690. The topological polar surface area (TPSA) is 33.3 Å². The van der Waals surface area contributed by atoms with Gasteiger partial charge in [-0.25, -0.2) is 0 Å². The molecule has 0 fully saturated rings. The normalized spacial score (nSPS) is 10.2. The third-order valence-electron chi connectivity index (χ3n) is 3.13. The Labute approximate surface area is 131 Å². The highest BCUT2D eigenvalue weighted by atomic mass is 35.5. The lowest BCUT2D eigenvalue weighted by atomic mass is 10.2. The van der Waals surface area contributed by atoms with E-state index >= 15 is 0 Å². The fourth-order valence-corrected chi connectivity index (χ4v) is 2.20. The zero-order valence-corrected chi connectivity index (χ0v) is 13.2. The smallest absolute Gasteiger partial charge is 0.119 e. The van der Waals surface area contributed by atoms with Crippen LogP contribution >= 0.6 is 11.6 Å². The van der Waals surface area contributed by atoms with Crippen LogP contribution in [0.5, 0.6) is 5.75 Å². The Hall–Kier alpha value is -1.87. The molecule has 2 aromatic rings. The maximum absolute atomic E-state index is 6.00. The van der Waals surface area contributed by atoms with Crippen LogP contribution in [0.15, 0.2) is 42.5 Å². The van der Waals surface area contributed by atoms with Gasteiger partial charge in [0.15, 0.2) is 0 Å². The molecule has 0 aliphatic heterocycles. The molecule has 0 atom stereocenters. The first-order valence-corrected chi connectivity index (χ1v) is 7.53. The molecule has 2 aromatic carbocycles. The van der Waals surface area contributed by atoms with E-state index in [1.807, 2.05) is 49.4 Å². The molecule has 0 aliphatic rings. The van der Waals surface area contributed by atoms with Crippen LogP contribution in [0.3, 0.4) is 0 Å². The van der Waals surface area contributed by atoms with Crippen molar-refractivity contribution in [1.29, 1.82) is 0 Å². The Morgan fingerprint density at radius 3 is 2.43 bits per heavy atom. The standard InChI is InChI=1S/C17H21ClN2O/c1-3-21-16-8-6-15(7-9-16)19-10-11-20-17-12-14(18)5-4-13(17)2/h4-9,12,19-20H,3,10-11H2,1-2H3. The molecular formula is C17H21ClN2O. The molecule has 0 aliphatic carbocycles. The maximum Gasteiger partial charge on any atom is 0.119 e. The summed E-state index contributed by atoms with van der Waals surface area (Å²) in [4.78, 5) is 0. The SMILES string of the molecule is CCOc1ccc(NCCNc2cc(Cl)ccc2C)cc1. The first-order chi connectivity index (χ1) is 10.2. The van der Waals surface area contributed by atoms with Crippen LogP contribution in [0.25, 0.3) is 0 Å². The predicted octanol–water partition coefficient (Wildman–Crippen LogP) is 4.57. The summed E-state index contributed by atoms with van der Waals surface area (Å²) in [6.45, 7) is 6.40. The number of rotatable bonds is 7. The van der Waals surface area contributed by atoms with Gasteiger partial charge in [0.25, 0.3) is 0 Å². The molecule has 0 radical (unpaired) electrons. The zero-order valence-electron chi connectivity index (χ0n) is 12.4. The van der Waals surface area contributed by atoms with Crippen molar-refractivity contribution in [3.8, 4) is 5.75 Å². The van der Waals surface area contributed by atoms with Gasteiger partial charge in [-0.05, 0) is 55.8 Å². The molecule has 0 saturated carbocycles. The monoisotopic (exact) mass is 304 g/mol. The van der Waals surface area contributed by atoms with Crippen LogP contribution in [0.2, 0.25) is 5.02 Å². The minimum absolute atomic E-state index is 0.690. The molecule has 0 saturated heterocycles. The Bertz CT molecular complexity index is 570. The van der Waals surface area contributed by atoms with Gasteiger partial charge in [-0.3, -0.25) is 0 Å². The van der Waals surface area contributed by atoms with Crippen LogP contribution in [0, 0.1) is 6.92 Å². The van der Waals surface area contributed by atoms with Gasteiger partial charge in [-0.15, -0.1) is 0 Å². The highest BCUT2D eigenvalue weighted by Gasteiger charge is 1.99. The van der Waals surface area contributed by atoms with E-state index in [1.165, 1.54) is 5.56 Å². The minimum Gasteiger partial charge on any atom is -0.494 e. The van der Waals surface area contributed by atoms with Crippen molar-refractivity contribution in [3.63, 3.8) is 0 Å². The molecule has 0 unspecified atom stereocenters. The summed E-state index contributed by atoms with van der Waals surface area (Å²) < 4.78 is 5.42. The molecule has 0 bridgehead atoms. The summed E-state index contributed by atoms with van der Waals surface area (Å²) in [5.74, 6) is 0.899. The van der Waals surface area contributed by atoms with Gasteiger partial charge in [0.2, 0.25) is 0 Å². The van der Waals surface area contributed by atoms with Crippen molar-refractivity contribution in [2.45, 2.75) is 13.8 Å². The number of benzene rings is 2. The number of halogens is 1. The van der Waals surface area contributed by atoms with Crippen LogP contribution in [0.1, 0.15) is 12.5 Å². The average molecular weight is 305 g/mol. The van der Waals surface area contributed by atoms with Gasteiger partial charge in [-0.2, -0.15) is 0 Å². The van der Waals surface area contributed by atoms with E-state index in [0.29, 0.717) is 6.61 Å². The van der Waals surface area contributed by atoms with E-state index in [9.17, 15) is 0 Å². The van der Waals surface area contributed by atoms with E-state index in [4.69, 9.17) is 16.3 Å². The summed E-state index contributed by atoms with van der Waals surface area (Å²) in [5, 5.41) is 7.50. The van der Waals surface area contributed by atoms with Crippen LogP contribution in [-0.2, 0) is 0 Å². The van der Waals surface area contributed by atoms with Gasteiger partial charge in [-0.1, -0.05) is 17.7 Å². The highest BCUT2D eigenvalue weighted by Crippen LogP contribution is 2.20. The van der Waals surface area contributed by atoms with Crippen LogP contribution < -0.4 is 15.4 Å². The predicted molar refractivity (Wildman–Crippen MR) is 90.8 cm³/mol. The van der Waals surface area contributed by atoms with Gasteiger partial charge in [0, 0.05) is 29.5 Å². The Morgan fingerprint density at radius 2 is 1.71 bits per heavy atom. The molecule has 21 heavy (non-hydrogen) atoms. The molecule has 0 amide bonds. The van der Waals surface area contributed by atoms with Gasteiger partial charge in [0.1, 0.15) is 5.75 Å². The zero-order chi connectivity index (χ0) is 15.1. The lowest BCUT2D eigenvalue weighted by Gasteiger charge is -2.11. The second-order valence-corrected chi connectivity index (χ2v) is 5.21. The summed E-state index contributed by atoms with van der Waals surface area (Å²) in [6.07, 6.45) is 0. The van der Waals surface area contributed by atoms with Gasteiger partial charge in [0.05, 0.1) is 6.61 Å². The number of aryl methyl sites for hydroxylation is 1. The van der Waals surface area contributed by atoms with E-state index in [0.717, 1.165) is 35.2 Å². The van der Waals surface area contributed by atoms with E-state index in [2.05, 4.69) is 17.6 Å². The molecule has 3 nitrogen and oxygen atoms in total. The third-order valence-corrected chi connectivity index (χ3v) is 3.37. The fraction of sp³-hybridized carbons (Fsp3) is 0.294. The lowest BCUT2D eigenvalue weighted by Crippen LogP contribution is -2.14. The van der Waals surface area contributed by atoms with Crippen LogP contribution in [0.4, 0.5) is 11.4 Å². The fourth-order valence-electron chi connectivity index (χ4n) is 2.02. The van der Waals surface area contributed by atoms with Crippen molar-refractivity contribution in [2.24, 2.45) is 0 Å². The van der Waals surface area contributed by atoms with Crippen molar-refractivity contribution in [3.05, 3.63) is 53.1 Å². The number of ether oxygens (including phenoxy) is 1. The molecule has 0 heterocycles. The van der Waals surface area contributed by atoms with Gasteiger partial charge < -0.3 is 15.4 Å². The van der Waals surface area contributed by atoms with E-state index in [-0.39, 0.29) is 0 Å². The number of hydrogen-bond acceptors (Lipinski definition) is 3. The summed E-state index contributed by atoms with van der Waals surface area (Å²) >= 11 is 6.00. The van der Waals surface area contributed by atoms with Crippen molar-refractivity contribution >= 4 is 23.0 Å². The maximum atomic E-state index is 6.00. The number of hydrogen-bond donors (Lipinski definition) is 2. The molecule has 112 valence electrons. The first-order valence-electron chi connectivity index (χ1n) is 7.16. The number of anilines is 2. The largest absolute Gasteiger partial charge is 0.494 e. The Kier molecular flexibility index (Phi) is 5.76. The molecule has 4 heteroatoms. The lowest BCUT2D eigenvalue weighted by molar-refractivity contribution is 0.340. The van der Waals surface area contributed by atoms with Crippen molar-refractivity contribution < 1.29 is 4.74 Å². The molecular weight excluding hydrogens is 284 g/mol. The summed E-state index contributed by atoms with van der Waals surface area (Å²) in [5.41, 5.74) is 3.36. The number of nitrogens with one attached hydrogen (secondary N) is 2. The quantitative estimate of drug-likeness (QED) is 0.735. The molecule has 0 aromatic heterocycles. The average Bonchev–Trinajstić information content (AvgIpc) is 2.49.